The van der Waals surface area contributed by atoms with E-state index in [0.717, 1.165) is 24.5 Å². The number of benzene rings is 1. The van der Waals surface area contributed by atoms with Crippen molar-refractivity contribution in [3.63, 3.8) is 0 Å². The van der Waals surface area contributed by atoms with Crippen LogP contribution in [0.1, 0.15) is 29.1 Å². The quantitative estimate of drug-likeness (QED) is 0.878. The molecule has 1 aromatic carbocycles. The molecule has 0 fully saturated rings. The fraction of sp³-hybridized carbons (Fsp3) is 0.400. The smallest absolute Gasteiger partial charge is 0.123 e. The summed E-state index contributed by atoms with van der Waals surface area (Å²) in [5, 5.41) is 0. The zero-order chi connectivity index (χ0) is 12.7. The van der Waals surface area contributed by atoms with Crippen LogP contribution in [-0.2, 0) is 19.5 Å². The molecule has 0 radical (unpaired) electrons. The van der Waals surface area contributed by atoms with Gasteiger partial charge in [0.1, 0.15) is 5.82 Å². The molecule has 2 aromatic rings. The normalized spacial score (nSPS) is 13.9. The van der Waals surface area contributed by atoms with Crippen molar-refractivity contribution in [1.82, 2.24) is 9.55 Å². The van der Waals surface area contributed by atoms with E-state index in [2.05, 4.69) is 36.6 Å². The summed E-state index contributed by atoms with van der Waals surface area (Å²) in [7, 11) is 0. The highest BCUT2D eigenvalue weighted by atomic mass is 15.1. The summed E-state index contributed by atoms with van der Waals surface area (Å²) in [5.74, 6) is 1.03. The van der Waals surface area contributed by atoms with E-state index in [-0.39, 0.29) is 0 Å². The van der Waals surface area contributed by atoms with Crippen molar-refractivity contribution in [3.8, 4) is 11.3 Å². The molecule has 94 valence electrons. The Morgan fingerprint density at radius 1 is 1.33 bits per heavy atom. The first-order chi connectivity index (χ1) is 8.70. The van der Waals surface area contributed by atoms with Crippen molar-refractivity contribution in [3.05, 3.63) is 40.8 Å². The third kappa shape index (κ3) is 1.66. The van der Waals surface area contributed by atoms with Gasteiger partial charge in [-0.1, -0.05) is 23.8 Å². The van der Waals surface area contributed by atoms with Crippen molar-refractivity contribution < 1.29 is 0 Å². The monoisotopic (exact) mass is 241 g/mol. The Bertz CT molecular complexity index is 596. The molecule has 0 saturated heterocycles. The number of nitrogens with zero attached hydrogens (tertiary/aromatic N) is 2. The van der Waals surface area contributed by atoms with Gasteiger partial charge in [0.2, 0.25) is 0 Å². The lowest BCUT2D eigenvalue weighted by atomic mass is 10.0. The van der Waals surface area contributed by atoms with Crippen LogP contribution in [0.2, 0.25) is 0 Å². The molecule has 1 aliphatic heterocycles. The van der Waals surface area contributed by atoms with Crippen molar-refractivity contribution in [1.29, 1.82) is 0 Å². The fourth-order valence-electron chi connectivity index (χ4n) is 2.91. The lowest BCUT2D eigenvalue weighted by Gasteiger charge is -2.05. The standard InChI is InChI=1S/C15H19N3/c1-10-5-6-12(11(2)8-10)15-13-4-3-7-18(13)14(9-16)17-15/h5-6,8H,3-4,7,9,16H2,1-2H3. The molecule has 3 rings (SSSR count). The summed E-state index contributed by atoms with van der Waals surface area (Å²) in [4.78, 5) is 4.75. The van der Waals surface area contributed by atoms with E-state index in [0.29, 0.717) is 6.54 Å². The van der Waals surface area contributed by atoms with Gasteiger partial charge in [0, 0.05) is 17.8 Å². The van der Waals surface area contributed by atoms with Gasteiger partial charge in [0.05, 0.1) is 12.2 Å². The Morgan fingerprint density at radius 3 is 2.89 bits per heavy atom. The number of imidazole rings is 1. The average molecular weight is 241 g/mol. The summed E-state index contributed by atoms with van der Waals surface area (Å²) in [6.45, 7) is 5.88. The lowest BCUT2D eigenvalue weighted by Crippen LogP contribution is -2.06. The predicted molar refractivity (Wildman–Crippen MR) is 73.3 cm³/mol. The second-order valence-corrected chi connectivity index (χ2v) is 5.10. The average Bonchev–Trinajstić information content (AvgIpc) is 2.91. The topological polar surface area (TPSA) is 43.8 Å². The van der Waals surface area contributed by atoms with Crippen LogP contribution in [0.5, 0.6) is 0 Å². The highest BCUT2D eigenvalue weighted by molar-refractivity contribution is 5.67. The fourth-order valence-corrected chi connectivity index (χ4v) is 2.91. The molecule has 1 aliphatic rings. The van der Waals surface area contributed by atoms with Crippen LogP contribution >= 0.6 is 0 Å². The molecule has 0 amide bonds. The van der Waals surface area contributed by atoms with E-state index in [1.165, 1.54) is 28.8 Å². The molecule has 0 saturated carbocycles. The second kappa shape index (κ2) is 4.25. The first kappa shape index (κ1) is 11.5. The third-order valence-electron chi connectivity index (χ3n) is 3.77. The van der Waals surface area contributed by atoms with Gasteiger partial charge in [-0.3, -0.25) is 0 Å². The molecule has 3 nitrogen and oxygen atoms in total. The highest BCUT2D eigenvalue weighted by Gasteiger charge is 2.22. The third-order valence-corrected chi connectivity index (χ3v) is 3.77. The molecular weight excluding hydrogens is 222 g/mol. The van der Waals surface area contributed by atoms with E-state index in [1.807, 2.05) is 0 Å². The number of fused-ring (bicyclic) bond motifs is 1. The molecule has 0 unspecified atom stereocenters. The van der Waals surface area contributed by atoms with Gasteiger partial charge >= 0.3 is 0 Å². The van der Waals surface area contributed by atoms with E-state index < -0.39 is 0 Å². The highest BCUT2D eigenvalue weighted by Crippen LogP contribution is 2.31. The van der Waals surface area contributed by atoms with Crippen LogP contribution in [0.15, 0.2) is 18.2 Å². The SMILES string of the molecule is Cc1ccc(-c2nc(CN)n3c2CCC3)c(C)c1. The number of hydrogen-bond acceptors (Lipinski definition) is 2. The van der Waals surface area contributed by atoms with Crippen molar-refractivity contribution in [2.24, 2.45) is 5.73 Å². The number of aryl methyl sites for hydroxylation is 2. The molecule has 3 heteroatoms. The van der Waals surface area contributed by atoms with Crippen LogP contribution < -0.4 is 5.73 Å². The van der Waals surface area contributed by atoms with Crippen molar-refractivity contribution in [2.75, 3.05) is 0 Å². The van der Waals surface area contributed by atoms with Crippen LogP contribution in [0.25, 0.3) is 11.3 Å². The van der Waals surface area contributed by atoms with Gasteiger partial charge in [0.25, 0.3) is 0 Å². The Kier molecular flexibility index (Phi) is 2.71. The molecule has 18 heavy (non-hydrogen) atoms. The summed E-state index contributed by atoms with van der Waals surface area (Å²) in [6, 6.07) is 6.57. The van der Waals surface area contributed by atoms with E-state index in [4.69, 9.17) is 10.7 Å². The molecule has 0 bridgehead atoms. The Labute approximate surface area is 108 Å². The maximum atomic E-state index is 5.79. The van der Waals surface area contributed by atoms with Gasteiger partial charge in [0.15, 0.2) is 0 Å². The van der Waals surface area contributed by atoms with Crippen LogP contribution in [0.4, 0.5) is 0 Å². The van der Waals surface area contributed by atoms with Crippen molar-refractivity contribution in [2.45, 2.75) is 39.8 Å². The van der Waals surface area contributed by atoms with Crippen LogP contribution in [0.3, 0.4) is 0 Å². The molecule has 2 N–H and O–H groups in total. The zero-order valence-electron chi connectivity index (χ0n) is 11.0. The first-order valence-corrected chi connectivity index (χ1v) is 6.56. The molecular formula is C15H19N3. The minimum Gasteiger partial charge on any atom is -0.330 e. The molecule has 2 heterocycles. The Hall–Kier alpha value is -1.61. The minimum absolute atomic E-state index is 0.526. The van der Waals surface area contributed by atoms with Crippen LogP contribution in [0, 0.1) is 13.8 Å². The Balaban J connectivity index is 2.17. The molecule has 0 atom stereocenters. The Morgan fingerprint density at radius 2 is 2.17 bits per heavy atom. The number of nitrogens with two attached hydrogens (primary N) is 1. The van der Waals surface area contributed by atoms with Crippen LogP contribution in [-0.4, -0.2) is 9.55 Å². The molecule has 0 spiro atoms. The van der Waals surface area contributed by atoms with Gasteiger partial charge < -0.3 is 10.3 Å². The number of rotatable bonds is 2. The van der Waals surface area contributed by atoms with E-state index in [1.54, 1.807) is 0 Å². The van der Waals surface area contributed by atoms with Gasteiger partial charge in [-0.25, -0.2) is 4.98 Å². The maximum absolute atomic E-state index is 5.79. The number of hydrogen-bond donors (Lipinski definition) is 1. The summed E-state index contributed by atoms with van der Waals surface area (Å²) >= 11 is 0. The van der Waals surface area contributed by atoms with E-state index in [9.17, 15) is 0 Å². The number of aromatic nitrogens is 2. The predicted octanol–water partition coefficient (Wildman–Crippen LogP) is 2.57. The largest absolute Gasteiger partial charge is 0.330 e. The summed E-state index contributed by atoms with van der Waals surface area (Å²) in [6.07, 6.45) is 2.33. The zero-order valence-corrected chi connectivity index (χ0v) is 11.0. The first-order valence-electron chi connectivity index (χ1n) is 6.56. The molecule has 1 aromatic heterocycles. The van der Waals surface area contributed by atoms with Gasteiger partial charge in [-0.05, 0) is 32.3 Å². The van der Waals surface area contributed by atoms with Gasteiger partial charge in [-0.15, -0.1) is 0 Å². The van der Waals surface area contributed by atoms with E-state index >= 15 is 0 Å². The summed E-state index contributed by atoms with van der Waals surface area (Å²) in [5.41, 5.74) is 12.2. The maximum Gasteiger partial charge on any atom is 0.123 e. The second-order valence-electron chi connectivity index (χ2n) is 5.10. The lowest BCUT2D eigenvalue weighted by molar-refractivity contribution is 0.689. The van der Waals surface area contributed by atoms with Crippen molar-refractivity contribution >= 4 is 0 Å². The molecule has 0 aliphatic carbocycles. The minimum atomic E-state index is 0.526. The summed E-state index contributed by atoms with van der Waals surface area (Å²) < 4.78 is 2.30. The van der Waals surface area contributed by atoms with Gasteiger partial charge in [-0.2, -0.15) is 0 Å².